The van der Waals surface area contributed by atoms with Crippen LogP contribution in [0.3, 0.4) is 0 Å². The first kappa shape index (κ1) is 10.8. The smallest absolute Gasteiger partial charge is 0.216 e. The Morgan fingerprint density at radius 2 is 2.00 bits per heavy atom. The Morgan fingerprint density at radius 1 is 1.36 bits per heavy atom. The van der Waals surface area contributed by atoms with E-state index in [1.54, 1.807) is 6.08 Å². The number of pyridine rings is 1. The Hall–Kier alpha value is -1.29. The summed E-state index contributed by atoms with van der Waals surface area (Å²) in [6.07, 6.45) is 4.35. The van der Waals surface area contributed by atoms with Crippen molar-refractivity contribution < 1.29 is 8.78 Å². The Morgan fingerprint density at radius 3 is 2.57 bits per heavy atom. The average molecular weight is 198 g/mol. The van der Waals surface area contributed by atoms with Crippen LogP contribution in [0.2, 0.25) is 0 Å². The normalized spacial score (nSPS) is 11.1. The highest BCUT2D eigenvalue weighted by atomic mass is 19.1. The molecule has 1 N–H and O–H groups in total. The van der Waals surface area contributed by atoms with Crippen molar-refractivity contribution in [3.63, 3.8) is 0 Å². The molecule has 14 heavy (non-hydrogen) atoms. The molecule has 1 rings (SSSR count). The molecular weight excluding hydrogens is 186 g/mol. The molecule has 0 unspecified atom stereocenters. The molecule has 0 fully saturated rings. The van der Waals surface area contributed by atoms with Gasteiger partial charge in [-0.2, -0.15) is 13.8 Å². The van der Waals surface area contributed by atoms with Crippen molar-refractivity contribution in [1.29, 1.82) is 0 Å². The van der Waals surface area contributed by atoms with E-state index >= 15 is 0 Å². The fourth-order valence-corrected chi connectivity index (χ4v) is 1.03. The van der Waals surface area contributed by atoms with Crippen molar-refractivity contribution in [3.8, 4) is 0 Å². The minimum atomic E-state index is -0.793. The molecule has 0 amide bonds. The van der Waals surface area contributed by atoms with Gasteiger partial charge in [0.1, 0.15) is 0 Å². The minimum Gasteiger partial charge on any atom is -0.319 e. The van der Waals surface area contributed by atoms with Crippen molar-refractivity contribution in [2.45, 2.75) is 6.42 Å². The molecule has 0 atom stereocenters. The van der Waals surface area contributed by atoms with Gasteiger partial charge < -0.3 is 5.32 Å². The molecule has 0 aliphatic heterocycles. The van der Waals surface area contributed by atoms with Gasteiger partial charge in [0.25, 0.3) is 0 Å². The van der Waals surface area contributed by atoms with E-state index in [4.69, 9.17) is 0 Å². The third-order valence-electron chi connectivity index (χ3n) is 1.66. The Labute approximate surface area is 81.7 Å². The zero-order chi connectivity index (χ0) is 10.4. The van der Waals surface area contributed by atoms with E-state index < -0.39 is 11.9 Å². The second-order valence-corrected chi connectivity index (χ2v) is 2.84. The lowest BCUT2D eigenvalue weighted by molar-refractivity contribution is 0.512. The third-order valence-corrected chi connectivity index (χ3v) is 1.66. The number of aromatic nitrogens is 1. The molecule has 0 bridgehead atoms. The molecule has 1 heterocycles. The van der Waals surface area contributed by atoms with Crippen LogP contribution in [-0.2, 0) is 0 Å². The monoisotopic (exact) mass is 198 g/mol. The lowest BCUT2D eigenvalue weighted by atomic mass is 10.2. The predicted molar refractivity (Wildman–Crippen MR) is 51.7 cm³/mol. The summed E-state index contributed by atoms with van der Waals surface area (Å²) in [6.45, 7) is 0.840. The number of halogens is 2. The predicted octanol–water partition coefficient (Wildman–Crippen LogP) is 1.98. The molecule has 2 nitrogen and oxygen atoms in total. The third kappa shape index (κ3) is 3.62. The highest BCUT2D eigenvalue weighted by molar-refractivity contribution is 5.48. The van der Waals surface area contributed by atoms with Gasteiger partial charge in [-0.25, -0.2) is 0 Å². The van der Waals surface area contributed by atoms with Crippen molar-refractivity contribution >= 4 is 6.08 Å². The van der Waals surface area contributed by atoms with E-state index in [9.17, 15) is 8.78 Å². The maximum atomic E-state index is 12.6. The van der Waals surface area contributed by atoms with Crippen molar-refractivity contribution in [2.75, 3.05) is 13.6 Å². The van der Waals surface area contributed by atoms with Gasteiger partial charge >= 0.3 is 0 Å². The molecule has 0 saturated carbocycles. The Kier molecular flexibility index (Phi) is 4.19. The first-order valence-electron chi connectivity index (χ1n) is 4.36. The zero-order valence-corrected chi connectivity index (χ0v) is 7.93. The first-order chi connectivity index (χ1) is 6.72. The molecule has 0 radical (unpaired) electrons. The quantitative estimate of drug-likeness (QED) is 0.591. The van der Waals surface area contributed by atoms with E-state index in [0.717, 1.165) is 13.0 Å². The fourth-order valence-electron chi connectivity index (χ4n) is 1.03. The van der Waals surface area contributed by atoms with E-state index in [-0.39, 0.29) is 0 Å². The summed E-state index contributed by atoms with van der Waals surface area (Å²) in [5.74, 6) is -1.59. The summed E-state index contributed by atoms with van der Waals surface area (Å²) in [4.78, 5) is 3.00. The Balaban J connectivity index is 2.62. The van der Waals surface area contributed by atoms with Crippen LogP contribution in [0.25, 0.3) is 6.08 Å². The van der Waals surface area contributed by atoms with Gasteiger partial charge in [-0.3, -0.25) is 0 Å². The first-order valence-corrected chi connectivity index (χ1v) is 4.36. The van der Waals surface area contributed by atoms with Gasteiger partial charge in [0.15, 0.2) is 0 Å². The van der Waals surface area contributed by atoms with E-state index in [2.05, 4.69) is 10.3 Å². The molecule has 0 saturated heterocycles. The molecule has 0 aliphatic carbocycles. The molecule has 76 valence electrons. The van der Waals surface area contributed by atoms with E-state index in [0.29, 0.717) is 5.56 Å². The van der Waals surface area contributed by atoms with Crippen LogP contribution in [0.4, 0.5) is 8.78 Å². The topological polar surface area (TPSA) is 24.9 Å². The summed E-state index contributed by atoms with van der Waals surface area (Å²) in [7, 11) is 1.85. The molecule has 1 aromatic heterocycles. The van der Waals surface area contributed by atoms with Crippen molar-refractivity contribution in [2.24, 2.45) is 0 Å². The Bertz CT molecular complexity index is 304. The van der Waals surface area contributed by atoms with Crippen LogP contribution in [0.5, 0.6) is 0 Å². The van der Waals surface area contributed by atoms with Gasteiger partial charge in [-0.05, 0) is 25.6 Å². The number of nitrogens with one attached hydrogen (secondary N) is 1. The molecular formula is C10H12F2N2. The maximum Gasteiger partial charge on any atom is 0.216 e. The fraction of sp³-hybridized carbons (Fsp3) is 0.300. The zero-order valence-electron chi connectivity index (χ0n) is 7.93. The van der Waals surface area contributed by atoms with Crippen LogP contribution >= 0.6 is 0 Å². The summed E-state index contributed by atoms with van der Waals surface area (Å²) < 4.78 is 25.2. The van der Waals surface area contributed by atoms with Gasteiger partial charge in [0.2, 0.25) is 11.9 Å². The summed E-state index contributed by atoms with van der Waals surface area (Å²) in [6, 6.07) is 2.39. The minimum absolute atomic E-state index is 0.492. The van der Waals surface area contributed by atoms with Crippen LogP contribution in [0, 0.1) is 11.9 Å². The second kappa shape index (κ2) is 5.44. The van der Waals surface area contributed by atoms with Gasteiger partial charge in [-0.15, -0.1) is 0 Å². The van der Waals surface area contributed by atoms with Gasteiger partial charge in [0, 0.05) is 12.1 Å². The van der Waals surface area contributed by atoms with Crippen LogP contribution in [-0.4, -0.2) is 18.6 Å². The van der Waals surface area contributed by atoms with Crippen molar-refractivity contribution in [3.05, 3.63) is 35.7 Å². The SMILES string of the molecule is CNCCC=Cc1cc(F)nc(F)c1. The van der Waals surface area contributed by atoms with Crippen LogP contribution in [0.15, 0.2) is 18.2 Å². The number of rotatable bonds is 4. The maximum absolute atomic E-state index is 12.6. The summed E-state index contributed by atoms with van der Waals surface area (Å²) in [5.41, 5.74) is 0.492. The standard InChI is InChI=1S/C10H12F2N2/c1-13-5-3-2-4-8-6-9(11)14-10(12)7-8/h2,4,6-7,13H,3,5H2,1H3. The molecule has 1 aromatic rings. The lowest BCUT2D eigenvalue weighted by Crippen LogP contribution is -2.05. The largest absolute Gasteiger partial charge is 0.319 e. The van der Waals surface area contributed by atoms with E-state index in [1.165, 1.54) is 12.1 Å². The van der Waals surface area contributed by atoms with E-state index in [1.807, 2.05) is 13.1 Å². The molecule has 0 spiro atoms. The molecule has 4 heteroatoms. The van der Waals surface area contributed by atoms with Crippen LogP contribution in [0.1, 0.15) is 12.0 Å². The number of nitrogens with zero attached hydrogens (tertiary/aromatic N) is 1. The molecule has 0 aliphatic rings. The lowest BCUT2D eigenvalue weighted by Gasteiger charge is -1.95. The average Bonchev–Trinajstić information content (AvgIpc) is 2.11. The summed E-state index contributed by atoms with van der Waals surface area (Å²) in [5, 5.41) is 2.96. The van der Waals surface area contributed by atoms with Crippen LogP contribution < -0.4 is 5.32 Å². The number of hydrogen-bond donors (Lipinski definition) is 1. The highest BCUT2D eigenvalue weighted by Crippen LogP contribution is 2.06. The second-order valence-electron chi connectivity index (χ2n) is 2.84. The van der Waals surface area contributed by atoms with Gasteiger partial charge in [-0.1, -0.05) is 12.2 Å². The highest BCUT2D eigenvalue weighted by Gasteiger charge is 1.98. The number of hydrogen-bond acceptors (Lipinski definition) is 2. The molecule has 0 aromatic carbocycles. The van der Waals surface area contributed by atoms with Gasteiger partial charge in [0.05, 0.1) is 0 Å². The van der Waals surface area contributed by atoms with Crippen molar-refractivity contribution in [1.82, 2.24) is 10.3 Å². The summed E-state index contributed by atoms with van der Waals surface area (Å²) >= 11 is 0.